The number of hydrogen-bond donors (Lipinski definition) is 2. The van der Waals surface area contributed by atoms with Gasteiger partial charge in [-0.1, -0.05) is 37.6 Å². The third-order valence-electron chi connectivity index (χ3n) is 4.37. The van der Waals surface area contributed by atoms with Crippen LogP contribution in [0.3, 0.4) is 0 Å². The SMILES string of the molecule is CCOC(=O)C1=C(COC(=O)[C@H](c2ccc(Cl)cc2)C(C)C)NC(=O)N[C@H]1C. The van der Waals surface area contributed by atoms with Crippen molar-refractivity contribution in [2.75, 3.05) is 13.2 Å². The first-order valence-corrected chi connectivity index (χ1v) is 9.52. The van der Waals surface area contributed by atoms with Gasteiger partial charge in [0, 0.05) is 5.02 Å². The number of urea groups is 1. The average molecular weight is 409 g/mol. The molecule has 1 aliphatic heterocycles. The molecule has 0 unspecified atom stereocenters. The fraction of sp³-hybridized carbons (Fsp3) is 0.450. The van der Waals surface area contributed by atoms with Gasteiger partial charge < -0.3 is 20.1 Å². The van der Waals surface area contributed by atoms with Crippen LogP contribution in [-0.4, -0.2) is 37.2 Å². The Morgan fingerprint density at radius 3 is 2.39 bits per heavy atom. The molecule has 0 radical (unpaired) electrons. The van der Waals surface area contributed by atoms with Crippen molar-refractivity contribution < 1.29 is 23.9 Å². The van der Waals surface area contributed by atoms with Gasteiger partial charge in [-0.3, -0.25) is 4.79 Å². The summed E-state index contributed by atoms with van der Waals surface area (Å²) in [6.07, 6.45) is 0. The molecule has 2 rings (SSSR count). The molecule has 0 saturated carbocycles. The number of halogens is 1. The monoisotopic (exact) mass is 408 g/mol. The molecule has 0 spiro atoms. The van der Waals surface area contributed by atoms with Gasteiger partial charge in [-0.25, -0.2) is 9.59 Å². The number of carbonyl (C=O) groups excluding carboxylic acids is 3. The molecular formula is C20H25ClN2O5. The van der Waals surface area contributed by atoms with Gasteiger partial charge in [0.1, 0.15) is 6.61 Å². The van der Waals surface area contributed by atoms with Crippen LogP contribution in [0.2, 0.25) is 5.02 Å². The number of amides is 2. The smallest absolute Gasteiger partial charge is 0.338 e. The summed E-state index contributed by atoms with van der Waals surface area (Å²) in [5.41, 5.74) is 1.25. The van der Waals surface area contributed by atoms with Crippen LogP contribution in [0, 0.1) is 5.92 Å². The van der Waals surface area contributed by atoms with Crippen LogP contribution in [0.1, 0.15) is 39.2 Å². The Bertz CT molecular complexity index is 773. The second-order valence-electron chi connectivity index (χ2n) is 6.81. The quantitative estimate of drug-likeness (QED) is 0.676. The Kier molecular flexibility index (Phi) is 7.45. The number of carbonyl (C=O) groups is 3. The third kappa shape index (κ3) is 5.25. The summed E-state index contributed by atoms with van der Waals surface area (Å²) >= 11 is 5.92. The van der Waals surface area contributed by atoms with E-state index in [9.17, 15) is 14.4 Å². The summed E-state index contributed by atoms with van der Waals surface area (Å²) in [5, 5.41) is 5.72. The topological polar surface area (TPSA) is 93.7 Å². The lowest BCUT2D eigenvalue weighted by molar-refractivity contribution is -0.146. The Morgan fingerprint density at radius 1 is 1.18 bits per heavy atom. The van der Waals surface area contributed by atoms with Crippen molar-refractivity contribution in [1.82, 2.24) is 10.6 Å². The highest BCUT2D eigenvalue weighted by Gasteiger charge is 2.31. The molecule has 0 saturated heterocycles. The predicted molar refractivity (Wildman–Crippen MR) is 105 cm³/mol. The highest BCUT2D eigenvalue weighted by molar-refractivity contribution is 6.30. The van der Waals surface area contributed by atoms with E-state index in [-0.39, 0.29) is 30.4 Å². The van der Waals surface area contributed by atoms with Crippen LogP contribution in [0.15, 0.2) is 35.5 Å². The van der Waals surface area contributed by atoms with Crippen LogP contribution >= 0.6 is 11.6 Å². The maximum atomic E-state index is 12.8. The Labute approximate surface area is 169 Å². The minimum atomic E-state index is -0.563. The van der Waals surface area contributed by atoms with Gasteiger partial charge >= 0.3 is 18.0 Å². The minimum Gasteiger partial charge on any atom is -0.463 e. The number of ether oxygens (including phenoxy) is 2. The van der Waals surface area contributed by atoms with Crippen molar-refractivity contribution in [2.45, 2.75) is 39.7 Å². The molecule has 2 atom stereocenters. The molecule has 8 heteroatoms. The van der Waals surface area contributed by atoms with Crippen LogP contribution in [0.5, 0.6) is 0 Å². The lowest BCUT2D eigenvalue weighted by atomic mass is 9.88. The third-order valence-corrected chi connectivity index (χ3v) is 4.63. The molecule has 0 fully saturated rings. The minimum absolute atomic E-state index is 0.0197. The number of esters is 2. The molecule has 2 amide bonds. The first kappa shape index (κ1) is 21.8. The van der Waals surface area contributed by atoms with E-state index in [1.165, 1.54) is 0 Å². The molecular weight excluding hydrogens is 384 g/mol. The van der Waals surface area contributed by atoms with E-state index >= 15 is 0 Å². The summed E-state index contributed by atoms with van der Waals surface area (Å²) in [7, 11) is 0. The highest BCUT2D eigenvalue weighted by atomic mass is 35.5. The van der Waals surface area contributed by atoms with Crippen LogP contribution in [-0.2, 0) is 19.1 Å². The molecule has 1 heterocycles. The molecule has 0 aliphatic carbocycles. The fourth-order valence-corrected chi connectivity index (χ4v) is 3.22. The zero-order valence-corrected chi connectivity index (χ0v) is 17.1. The van der Waals surface area contributed by atoms with E-state index < -0.39 is 29.9 Å². The Balaban J connectivity index is 2.21. The van der Waals surface area contributed by atoms with Gasteiger partial charge in [0.15, 0.2) is 0 Å². The van der Waals surface area contributed by atoms with Gasteiger partial charge in [-0.05, 0) is 37.5 Å². The van der Waals surface area contributed by atoms with Crippen molar-refractivity contribution in [2.24, 2.45) is 5.92 Å². The first-order valence-electron chi connectivity index (χ1n) is 9.14. The fourth-order valence-electron chi connectivity index (χ4n) is 3.09. The van der Waals surface area contributed by atoms with Crippen molar-refractivity contribution in [3.05, 3.63) is 46.1 Å². The molecule has 0 aromatic heterocycles. The molecule has 28 heavy (non-hydrogen) atoms. The van der Waals surface area contributed by atoms with Gasteiger partial charge in [0.25, 0.3) is 0 Å². The van der Waals surface area contributed by atoms with Gasteiger partial charge in [-0.2, -0.15) is 0 Å². The van der Waals surface area contributed by atoms with E-state index in [0.29, 0.717) is 5.02 Å². The van der Waals surface area contributed by atoms with E-state index in [1.54, 1.807) is 38.1 Å². The summed E-state index contributed by atoms with van der Waals surface area (Å²) < 4.78 is 10.5. The van der Waals surface area contributed by atoms with Gasteiger partial charge in [0.2, 0.25) is 0 Å². The highest BCUT2D eigenvalue weighted by Crippen LogP contribution is 2.27. The van der Waals surface area contributed by atoms with E-state index in [4.69, 9.17) is 21.1 Å². The normalized spacial score (nSPS) is 17.6. The predicted octanol–water partition coefficient (Wildman–Crippen LogP) is 3.14. The molecule has 1 aromatic carbocycles. The molecule has 7 nitrogen and oxygen atoms in total. The molecule has 0 bridgehead atoms. The molecule has 2 N–H and O–H groups in total. The van der Waals surface area contributed by atoms with Crippen molar-refractivity contribution in [1.29, 1.82) is 0 Å². The van der Waals surface area contributed by atoms with E-state index in [2.05, 4.69) is 10.6 Å². The lowest BCUT2D eigenvalue weighted by Crippen LogP contribution is -2.50. The number of benzene rings is 1. The Hall–Kier alpha value is -2.54. The van der Waals surface area contributed by atoms with Gasteiger partial charge in [0.05, 0.1) is 29.8 Å². The largest absolute Gasteiger partial charge is 0.463 e. The van der Waals surface area contributed by atoms with Crippen molar-refractivity contribution in [3.63, 3.8) is 0 Å². The summed E-state index contributed by atoms with van der Waals surface area (Å²) in [5.74, 6) is -1.53. The van der Waals surface area contributed by atoms with E-state index in [0.717, 1.165) is 5.56 Å². The Morgan fingerprint density at radius 2 is 1.82 bits per heavy atom. The standard InChI is InChI=1S/C20H25ClN2O5/c1-5-27-19(25)17-12(4)22-20(26)23-15(17)10-28-18(24)16(11(2)3)13-6-8-14(21)9-7-13/h6-9,11-12,16H,5,10H2,1-4H3,(H2,22,23,26)/t12-,16-/m0/s1. The summed E-state index contributed by atoms with van der Waals surface area (Å²) in [4.78, 5) is 36.8. The number of nitrogens with one attached hydrogen (secondary N) is 2. The van der Waals surface area contributed by atoms with E-state index in [1.807, 2.05) is 13.8 Å². The van der Waals surface area contributed by atoms with Crippen molar-refractivity contribution >= 4 is 29.6 Å². The zero-order valence-electron chi connectivity index (χ0n) is 16.4. The number of hydrogen-bond acceptors (Lipinski definition) is 5. The summed E-state index contributed by atoms with van der Waals surface area (Å²) in [6.45, 7) is 7.15. The second kappa shape index (κ2) is 9.59. The molecule has 152 valence electrons. The maximum Gasteiger partial charge on any atom is 0.338 e. The lowest BCUT2D eigenvalue weighted by Gasteiger charge is -2.27. The molecule has 1 aromatic rings. The first-order chi connectivity index (χ1) is 13.2. The van der Waals surface area contributed by atoms with Gasteiger partial charge in [-0.15, -0.1) is 0 Å². The maximum absolute atomic E-state index is 12.8. The molecule has 1 aliphatic rings. The van der Waals surface area contributed by atoms with Crippen LogP contribution < -0.4 is 10.6 Å². The average Bonchev–Trinajstić information content (AvgIpc) is 2.61. The van der Waals surface area contributed by atoms with Crippen LogP contribution in [0.4, 0.5) is 4.79 Å². The second-order valence-corrected chi connectivity index (χ2v) is 7.25. The summed E-state index contributed by atoms with van der Waals surface area (Å²) in [6, 6.07) is 5.98. The zero-order chi connectivity index (χ0) is 20.8. The number of rotatable bonds is 7. The van der Waals surface area contributed by atoms with Crippen molar-refractivity contribution in [3.8, 4) is 0 Å². The van der Waals surface area contributed by atoms with Crippen LogP contribution in [0.25, 0.3) is 0 Å².